The summed E-state index contributed by atoms with van der Waals surface area (Å²) in [6, 6.07) is 15.5. The van der Waals surface area contributed by atoms with Crippen LogP contribution < -0.4 is 0 Å². The number of fused-ring (bicyclic) bond motifs is 1. The van der Waals surface area contributed by atoms with E-state index in [9.17, 15) is 9.65 Å². The lowest BCUT2D eigenvalue weighted by atomic mass is 10.00. The van der Waals surface area contributed by atoms with E-state index in [1.54, 1.807) is 23.1 Å². The van der Waals surface area contributed by atoms with E-state index in [0.717, 1.165) is 27.6 Å². The Balaban J connectivity index is 1.61. The minimum absolute atomic E-state index is 0.270. The Morgan fingerprint density at radius 1 is 1.14 bits per heavy atom. The van der Waals surface area contributed by atoms with Gasteiger partial charge in [-0.15, -0.1) is 0 Å². The molecule has 0 spiro atoms. The molecule has 0 amide bonds. The van der Waals surface area contributed by atoms with Crippen LogP contribution >= 0.6 is 0 Å². The van der Waals surface area contributed by atoms with Gasteiger partial charge in [0, 0.05) is 34.5 Å². The van der Waals surface area contributed by atoms with Crippen LogP contribution in [0.5, 0.6) is 0 Å². The maximum atomic E-state index is 14.1. The normalized spacial score (nSPS) is 14.7. The molecule has 0 aliphatic heterocycles. The number of aromatic nitrogens is 4. The van der Waals surface area contributed by atoms with Crippen LogP contribution in [0.2, 0.25) is 0 Å². The molecule has 0 radical (unpaired) electrons. The number of rotatable bonds is 4. The van der Waals surface area contributed by atoms with Crippen molar-refractivity contribution in [3.8, 4) is 28.5 Å². The van der Waals surface area contributed by atoms with Gasteiger partial charge in [0.05, 0.1) is 24.0 Å². The SMILES string of the molecule is N#Cc1ccc(-c2cnn(CC3(F)CC3)c2)c(-c2ccc3cccnc3c2)n1. The number of nitrogens with zero attached hydrogens (tertiary/aromatic N) is 5. The highest BCUT2D eigenvalue weighted by Gasteiger charge is 2.43. The molecule has 1 saturated carbocycles. The average Bonchev–Trinajstić information content (AvgIpc) is 3.28. The Morgan fingerprint density at radius 3 is 2.86 bits per heavy atom. The summed E-state index contributed by atoms with van der Waals surface area (Å²) >= 11 is 0. The highest BCUT2D eigenvalue weighted by Crippen LogP contribution is 2.41. The summed E-state index contributed by atoms with van der Waals surface area (Å²) in [5.41, 5.74) is 3.34. The lowest BCUT2D eigenvalue weighted by molar-refractivity contribution is 0.261. The van der Waals surface area contributed by atoms with Crippen molar-refractivity contribution in [1.29, 1.82) is 5.26 Å². The van der Waals surface area contributed by atoms with Gasteiger partial charge in [-0.3, -0.25) is 9.67 Å². The number of nitriles is 1. The van der Waals surface area contributed by atoms with Crippen molar-refractivity contribution in [2.24, 2.45) is 0 Å². The molecule has 28 heavy (non-hydrogen) atoms. The number of halogens is 1. The van der Waals surface area contributed by atoms with Crippen molar-refractivity contribution in [2.45, 2.75) is 25.1 Å². The molecule has 0 N–H and O–H groups in total. The topological polar surface area (TPSA) is 67.4 Å². The van der Waals surface area contributed by atoms with Gasteiger partial charge in [-0.05, 0) is 37.1 Å². The van der Waals surface area contributed by atoms with E-state index in [2.05, 4.69) is 21.1 Å². The number of hydrogen-bond acceptors (Lipinski definition) is 4. The third-order valence-corrected chi connectivity index (χ3v) is 5.07. The van der Waals surface area contributed by atoms with Crippen LogP contribution in [0.4, 0.5) is 4.39 Å². The number of pyridine rings is 2. The Hall–Kier alpha value is -3.59. The first-order valence-electron chi connectivity index (χ1n) is 9.12. The van der Waals surface area contributed by atoms with Crippen molar-refractivity contribution >= 4 is 10.9 Å². The largest absolute Gasteiger partial charge is 0.269 e. The predicted octanol–water partition coefficient (Wildman–Crippen LogP) is 4.53. The fraction of sp³-hybridized carbons (Fsp3) is 0.182. The number of alkyl halides is 1. The zero-order chi connectivity index (χ0) is 19.1. The molecule has 4 aromatic rings. The fourth-order valence-electron chi connectivity index (χ4n) is 3.36. The van der Waals surface area contributed by atoms with Gasteiger partial charge in [0.15, 0.2) is 0 Å². The molecule has 5 nitrogen and oxygen atoms in total. The third kappa shape index (κ3) is 3.01. The van der Waals surface area contributed by atoms with E-state index in [1.165, 1.54) is 0 Å². The van der Waals surface area contributed by atoms with Gasteiger partial charge in [-0.25, -0.2) is 9.37 Å². The van der Waals surface area contributed by atoms with E-state index in [4.69, 9.17) is 0 Å². The molecule has 1 aromatic carbocycles. The molecular weight excluding hydrogens is 353 g/mol. The molecule has 3 aromatic heterocycles. The van der Waals surface area contributed by atoms with Crippen LogP contribution in [0, 0.1) is 11.3 Å². The van der Waals surface area contributed by atoms with Crippen molar-refractivity contribution in [3.05, 3.63) is 66.7 Å². The molecule has 1 aliphatic carbocycles. The molecule has 1 aliphatic rings. The highest BCUT2D eigenvalue weighted by molar-refractivity contribution is 5.87. The molecule has 3 heterocycles. The summed E-state index contributed by atoms with van der Waals surface area (Å²) in [6.07, 6.45) is 6.50. The lowest BCUT2D eigenvalue weighted by Gasteiger charge is -2.09. The number of benzene rings is 1. The number of hydrogen-bond donors (Lipinski definition) is 0. The van der Waals surface area contributed by atoms with Crippen LogP contribution in [0.15, 0.2) is 61.1 Å². The smallest absolute Gasteiger partial charge is 0.141 e. The van der Waals surface area contributed by atoms with E-state index in [0.29, 0.717) is 24.2 Å². The van der Waals surface area contributed by atoms with Crippen LogP contribution in [0.3, 0.4) is 0 Å². The molecule has 0 saturated heterocycles. The molecule has 6 heteroatoms. The van der Waals surface area contributed by atoms with Gasteiger partial charge in [-0.1, -0.05) is 18.2 Å². The Bertz CT molecular complexity index is 1230. The van der Waals surface area contributed by atoms with Crippen LogP contribution in [-0.2, 0) is 6.54 Å². The Labute approximate surface area is 161 Å². The quantitative estimate of drug-likeness (QED) is 0.530. The van der Waals surface area contributed by atoms with Gasteiger partial charge in [0.1, 0.15) is 17.4 Å². The average molecular weight is 369 g/mol. The van der Waals surface area contributed by atoms with Gasteiger partial charge in [0.25, 0.3) is 0 Å². The summed E-state index contributed by atoms with van der Waals surface area (Å²) in [5, 5.41) is 14.7. The van der Waals surface area contributed by atoms with Crippen LogP contribution in [0.1, 0.15) is 18.5 Å². The summed E-state index contributed by atoms with van der Waals surface area (Å²) in [7, 11) is 0. The van der Waals surface area contributed by atoms with Crippen molar-refractivity contribution < 1.29 is 4.39 Å². The molecule has 0 bridgehead atoms. The molecular formula is C22H16FN5. The van der Waals surface area contributed by atoms with Gasteiger partial charge in [0.2, 0.25) is 0 Å². The van der Waals surface area contributed by atoms with Gasteiger partial charge in [-0.2, -0.15) is 10.4 Å². The maximum absolute atomic E-state index is 14.1. The standard InChI is InChI=1S/C22H16FN5/c23-22(7-8-22)14-28-13-17(12-26-28)19-6-5-18(11-24)27-21(19)16-4-3-15-2-1-9-25-20(15)10-16/h1-6,9-10,12-13H,7-8,14H2. The molecule has 136 valence electrons. The maximum Gasteiger partial charge on any atom is 0.141 e. The Morgan fingerprint density at radius 2 is 2.04 bits per heavy atom. The van der Waals surface area contributed by atoms with E-state index >= 15 is 0 Å². The second-order valence-electron chi connectivity index (χ2n) is 7.19. The molecule has 5 rings (SSSR count). The second-order valence-corrected chi connectivity index (χ2v) is 7.19. The van der Waals surface area contributed by atoms with E-state index in [-0.39, 0.29) is 6.54 Å². The van der Waals surface area contributed by atoms with Gasteiger partial charge < -0.3 is 0 Å². The monoisotopic (exact) mass is 369 g/mol. The minimum atomic E-state index is -1.11. The summed E-state index contributed by atoms with van der Waals surface area (Å²) < 4.78 is 15.7. The van der Waals surface area contributed by atoms with E-state index in [1.807, 2.05) is 42.6 Å². The summed E-state index contributed by atoms with van der Waals surface area (Å²) in [5.74, 6) is 0. The molecule has 1 fully saturated rings. The molecule has 0 unspecified atom stereocenters. The Kier molecular flexibility index (Phi) is 3.69. The predicted molar refractivity (Wildman–Crippen MR) is 104 cm³/mol. The summed E-state index contributed by atoms with van der Waals surface area (Å²) in [4.78, 5) is 8.95. The summed E-state index contributed by atoms with van der Waals surface area (Å²) in [6.45, 7) is 0.270. The van der Waals surface area contributed by atoms with Crippen LogP contribution in [0.25, 0.3) is 33.3 Å². The fourth-order valence-corrected chi connectivity index (χ4v) is 3.36. The first kappa shape index (κ1) is 16.6. The second kappa shape index (κ2) is 6.24. The van der Waals surface area contributed by atoms with Crippen molar-refractivity contribution in [1.82, 2.24) is 19.7 Å². The zero-order valence-electron chi connectivity index (χ0n) is 15.0. The van der Waals surface area contributed by atoms with Crippen LogP contribution in [-0.4, -0.2) is 25.4 Å². The minimum Gasteiger partial charge on any atom is -0.269 e. The van der Waals surface area contributed by atoms with Crippen molar-refractivity contribution in [2.75, 3.05) is 0 Å². The third-order valence-electron chi connectivity index (χ3n) is 5.07. The molecule has 0 atom stereocenters. The highest BCUT2D eigenvalue weighted by atomic mass is 19.1. The lowest BCUT2D eigenvalue weighted by Crippen LogP contribution is -2.12. The van der Waals surface area contributed by atoms with E-state index < -0.39 is 5.67 Å². The first-order chi connectivity index (χ1) is 13.6. The van der Waals surface area contributed by atoms with Crippen molar-refractivity contribution in [3.63, 3.8) is 0 Å². The first-order valence-corrected chi connectivity index (χ1v) is 9.12. The zero-order valence-corrected chi connectivity index (χ0v) is 15.0. The van der Waals surface area contributed by atoms with Gasteiger partial charge >= 0.3 is 0 Å².